The molecular formula is C14H19ClN2O4. The summed E-state index contributed by atoms with van der Waals surface area (Å²) in [5.41, 5.74) is 0.802. The Labute approximate surface area is 128 Å². The van der Waals surface area contributed by atoms with E-state index in [0.29, 0.717) is 23.7 Å². The smallest absolute Gasteiger partial charge is 0.322 e. The Balaban J connectivity index is 2.84. The van der Waals surface area contributed by atoms with Crippen molar-refractivity contribution < 1.29 is 19.4 Å². The predicted molar refractivity (Wildman–Crippen MR) is 79.8 cm³/mol. The molecule has 0 heterocycles. The van der Waals surface area contributed by atoms with Gasteiger partial charge in [0, 0.05) is 11.6 Å². The zero-order valence-corrected chi connectivity index (χ0v) is 12.7. The predicted octanol–water partition coefficient (Wildman–Crippen LogP) is 0.927. The highest BCUT2D eigenvalue weighted by molar-refractivity contribution is 6.30. The number of amides is 1. The summed E-state index contributed by atoms with van der Waals surface area (Å²) in [5, 5.41) is 14.5. The van der Waals surface area contributed by atoms with E-state index in [1.807, 2.05) is 0 Å². The number of halogens is 1. The Morgan fingerprint density at radius 2 is 2.14 bits per heavy atom. The molecule has 0 fully saturated rings. The number of methoxy groups -OCH3 is 1. The van der Waals surface area contributed by atoms with E-state index in [2.05, 4.69) is 10.6 Å². The average molecular weight is 315 g/mol. The van der Waals surface area contributed by atoms with Crippen LogP contribution < -0.4 is 15.4 Å². The highest BCUT2D eigenvalue weighted by Gasteiger charge is 2.20. The molecule has 1 aromatic rings. The van der Waals surface area contributed by atoms with Crippen LogP contribution in [0.5, 0.6) is 5.75 Å². The lowest BCUT2D eigenvalue weighted by molar-refractivity contribution is -0.138. The number of hydrogen-bond acceptors (Lipinski definition) is 4. The molecule has 7 heteroatoms. The Bertz CT molecular complexity index is 508. The van der Waals surface area contributed by atoms with Crippen LogP contribution in [0.2, 0.25) is 5.02 Å². The van der Waals surface area contributed by atoms with Crippen molar-refractivity contribution in [2.24, 2.45) is 5.92 Å². The highest BCUT2D eigenvalue weighted by Crippen LogP contribution is 2.25. The SMILES string of the molecule is CNCC(Cc1cc(Cl)ccc1OC)C(=O)NCC(=O)O. The Morgan fingerprint density at radius 1 is 1.43 bits per heavy atom. The van der Waals surface area contributed by atoms with Gasteiger partial charge in [-0.15, -0.1) is 0 Å². The van der Waals surface area contributed by atoms with Crippen LogP contribution in [0.4, 0.5) is 0 Å². The second-order valence-electron chi connectivity index (χ2n) is 4.53. The van der Waals surface area contributed by atoms with Gasteiger partial charge in [-0.2, -0.15) is 0 Å². The number of carboxylic acid groups (broad SMARTS) is 1. The number of carbonyl (C=O) groups is 2. The van der Waals surface area contributed by atoms with Gasteiger partial charge in [-0.05, 0) is 37.2 Å². The third-order valence-corrected chi connectivity index (χ3v) is 3.18. The summed E-state index contributed by atoms with van der Waals surface area (Å²) >= 11 is 5.97. The molecule has 3 N–H and O–H groups in total. The van der Waals surface area contributed by atoms with Crippen molar-refractivity contribution in [3.63, 3.8) is 0 Å². The molecule has 0 aliphatic carbocycles. The minimum atomic E-state index is -1.08. The van der Waals surface area contributed by atoms with E-state index in [1.165, 1.54) is 0 Å². The van der Waals surface area contributed by atoms with E-state index in [-0.39, 0.29) is 5.91 Å². The van der Waals surface area contributed by atoms with Crippen LogP contribution in [0, 0.1) is 5.92 Å². The van der Waals surface area contributed by atoms with Crippen molar-refractivity contribution in [2.75, 3.05) is 27.2 Å². The first-order valence-electron chi connectivity index (χ1n) is 6.44. The van der Waals surface area contributed by atoms with E-state index in [4.69, 9.17) is 21.4 Å². The van der Waals surface area contributed by atoms with Crippen LogP contribution in [0.25, 0.3) is 0 Å². The maximum absolute atomic E-state index is 12.0. The highest BCUT2D eigenvalue weighted by atomic mass is 35.5. The van der Waals surface area contributed by atoms with E-state index in [1.54, 1.807) is 32.4 Å². The standard InChI is InChI=1S/C14H19ClN2O4/c1-16-7-10(14(20)17-8-13(18)19)5-9-6-11(15)3-4-12(9)21-2/h3-4,6,10,16H,5,7-8H2,1-2H3,(H,17,20)(H,18,19). The molecule has 21 heavy (non-hydrogen) atoms. The summed E-state index contributed by atoms with van der Waals surface area (Å²) in [6.07, 6.45) is 0.399. The average Bonchev–Trinajstić information content (AvgIpc) is 2.44. The van der Waals surface area contributed by atoms with Gasteiger partial charge in [0.2, 0.25) is 5.91 Å². The van der Waals surface area contributed by atoms with Crippen molar-refractivity contribution in [1.29, 1.82) is 0 Å². The van der Waals surface area contributed by atoms with Crippen molar-refractivity contribution in [1.82, 2.24) is 10.6 Å². The fourth-order valence-electron chi connectivity index (χ4n) is 1.98. The van der Waals surface area contributed by atoms with Gasteiger partial charge in [-0.3, -0.25) is 9.59 Å². The molecule has 1 atom stereocenters. The second kappa shape index (κ2) is 8.49. The lowest BCUT2D eigenvalue weighted by Crippen LogP contribution is -2.39. The van der Waals surface area contributed by atoms with Gasteiger partial charge >= 0.3 is 5.97 Å². The van der Waals surface area contributed by atoms with Gasteiger partial charge in [0.15, 0.2) is 0 Å². The second-order valence-corrected chi connectivity index (χ2v) is 4.96. The minimum Gasteiger partial charge on any atom is -0.496 e. The first-order valence-corrected chi connectivity index (χ1v) is 6.82. The number of carboxylic acids is 1. The quantitative estimate of drug-likeness (QED) is 0.664. The van der Waals surface area contributed by atoms with E-state index in [9.17, 15) is 9.59 Å². The first-order chi connectivity index (χ1) is 9.97. The monoisotopic (exact) mass is 314 g/mol. The molecule has 0 saturated carbocycles. The minimum absolute atomic E-state index is 0.325. The molecule has 6 nitrogen and oxygen atoms in total. The number of nitrogens with one attached hydrogen (secondary N) is 2. The Morgan fingerprint density at radius 3 is 2.71 bits per heavy atom. The molecule has 0 aliphatic heterocycles. The summed E-state index contributed by atoms with van der Waals surface area (Å²) in [4.78, 5) is 22.6. The van der Waals surface area contributed by atoms with Gasteiger partial charge < -0.3 is 20.5 Å². The van der Waals surface area contributed by atoms with Crippen LogP contribution in [0.3, 0.4) is 0 Å². The molecule has 1 unspecified atom stereocenters. The summed E-state index contributed by atoms with van der Waals surface area (Å²) in [7, 11) is 3.27. The van der Waals surface area contributed by atoms with Crippen LogP contribution in [-0.2, 0) is 16.0 Å². The first kappa shape index (κ1) is 17.3. The lowest BCUT2D eigenvalue weighted by Gasteiger charge is -2.17. The molecule has 0 radical (unpaired) electrons. The van der Waals surface area contributed by atoms with Gasteiger partial charge in [-0.1, -0.05) is 11.6 Å². The fraction of sp³-hybridized carbons (Fsp3) is 0.429. The topological polar surface area (TPSA) is 87.7 Å². The van der Waals surface area contributed by atoms with E-state index < -0.39 is 18.4 Å². The molecule has 116 valence electrons. The lowest BCUT2D eigenvalue weighted by atomic mass is 9.97. The normalized spacial score (nSPS) is 11.8. The van der Waals surface area contributed by atoms with E-state index in [0.717, 1.165) is 5.56 Å². The molecule has 1 rings (SSSR count). The summed E-state index contributed by atoms with van der Waals surface area (Å²) in [6, 6.07) is 5.19. The largest absolute Gasteiger partial charge is 0.496 e. The maximum atomic E-state index is 12.0. The van der Waals surface area contributed by atoms with Crippen molar-refractivity contribution >= 4 is 23.5 Å². The van der Waals surface area contributed by atoms with Crippen LogP contribution in [0.1, 0.15) is 5.56 Å². The van der Waals surface area contributed by atoms with Gasteiger partial charge in [0.05, 0.1) is 13.0 Å². The zero-order valence-electron chi connectivity index (χ0n) is 12.0. The molecular weight excluding hydrogens is 296 g/mol. The Kier molecular flexibility index (Phi) is 6.98. The molecule has 0 saturated heterocycles. The number of ether oxygens (including phenoxy) is 1. The number of benzene rings is 1. The molecule has 0 aliphatic rings. The van der Waals surface area contributed by atoms with Gasteiger partial charge in [0.1, 0.15) is 12.3 Å². The summed E-state index contributed by atoms with van der Waals surface area (Å²) < 4.78 is 5.25. The van der Waals surface area contributed by atoms with Gasteiger partial charge in [-0.25, -0.2) is 0 Å². The van der Waals surface area contributed by atoms with Crippen LogP contribution >= 0.6 is 11.6 Å². The van der Waals surface area contributed by atoms with Crippen molar-refractivity contribution in [3.05, 3.63) is 28.8 Å². The molecule has 1 amide bonds. The summed E-state index contributed by atoms with van der Waals surface area (Å²) in [5.74, 6) is -1.17. The molecule has 1 aromatic carbocycles. The van der Waals surface area contributed by atoms with Crippen molar-refractivity contribution in [3.8, 4) is 5.75 Å². The third kappa shape index (κ3) is 5.61. The Hall–Kier alpha value is -1.79. The third-order valence-electron chi connectivity index (χ3n) is 2.94. The van der Waals surface area contributed by atoms with Crippen molar-refractivity contribution in [2.45, 2.75) is 6.42 Å². The maximum Gasteiger partial charge on any atom is 0.322 e. The molecule has 0 aromatic heterocycles. The molecule has 0 spiro atoms. The van der Waals surface area contributed by atoms with Gasteiger partial charge in [0.25, 0.3) is 0 Å². The fourth-order valence-corrected chi connectivity index (χ4v) is 2.18. The molecule has 0 bridgehead atoms. The van der Waals surface area contributed by atoms with Crippen LogP contribution in [0.15, 0.2) is 18.2 Å². The number of hydrogen-bond donors (Lipinski definition) is 3. The summed E-state index contributed by atoms with van der Waals surface area (Å²) in [6.45, 7) is 0.0207. The zero-order chi connectivity index (χ0) is 15.8. The van der Waals surface area contributed by atoms with E-state index >= 15 is 0 Å². The number of rotatable bonds is 8. The number of aliphatic carboxylic acids is 1. The van der Waals surface area contributed by atoms with Crippen LogP contribution in [-0.4, -0.2) is 44.2 Å². The number of carbonyl (C=O) groups excluding carboxylic acids is 1.